The van der Waals surface area contributed by atoms with Crippen LogP contribution in [-0.4, -0.2) is 39.8 Å². The number of rotatable bonds is 6. The average Bonchev–Trinajstić information content (AvgIpc) is 2.74. The van der Waals surface area contributed by atoms with E-state index in [1.54, 1.807) is 0 Å². The van der Waals surface area contributed by atoms with E-state index in [0.29, 0.717) is 19.0 Å². The number of hydrogen-bond donors (Lipinski definition) is 2. The van der Waals surface area contributed by atoms with E-state index >= 15 is 0 Å². The first-order valence-corrected chi connectivity index (χ1v) is 5.82. The summed E-state index contributed by atoms with van der Waals surface area (Å²) in [6.45, 7) is 8.75. The predicted molar refractivity (Wildman–Crippen MR) is 63.8 cm³/mol. The lowest BCUT2D eigenvalue weighted by Crippen LogP contribution is -2.40. The summed E-state index contributed by atoms with van der Waals surface area (Å²) in [5.41, 5.74) is -0.381. The van der Waals surface area contributed by atoms with E-state index in [2.05, 4.69) is 20.5 Å². The third kappa shape index (κ3) is 4.14. The number of hydrogen-bond acceptors (Lipinski definition) is 4. The largest absolute Gasteiger partial charge is 0.374 e. The average molecular weight is 240 g/mol. The lowest BCUT2D eigenvalue weighted by molar-refractivity contribution is -0.00821. The van der Waals surface area contributed by atoms with Gasteiger partial charge in [0, 0.05) is 19.6 Å². The van der Waals surface area contributed by atoms with Crippen LogP contribution in [0.15, 0.2) is 0 Å². The number of nitrogens with zero attached hydrogens (tertiary/aromatic N) is 2. The van der Waals surface area contributed by atoms with Crippen molar-refractivity contribution < 1.29 is 9.53 Å². The Bertz CT molecular complexity index is 373. The van der Waals surface area contributed by atoms with Crippen molar-refractivity contribution in [2.24, 2.45) is 0 Å². The smallest absolute Gasteiger partial charge is 0.291 e. The quantitative estimate of drug-likeness (QED) is 0.774. The minimum Gasteiger partial charge on any atom is -0.374 e. The van der Waals surface area contributed by atoms with Crippen molar-refractivity contribution in [3.63, 3.8) is 0 Å². The zero-order chi connectivity index (χ0) is 12.9. The Labute approximate surface area is 101 Å². The van der Waals surface area contributed by atoms with Crippen LogP contribution in [0, 0.1) is 0 Å². The first kappa shape index (κ1) is 13.6. The first-order chi connectivity index (χ1) is 7.98. The minimum atomic E-state index is -0.381. The molecule has 0 saturated heterocycles. The fourth-order valence-corrected chi connectivity index (χ4v) is 1.37. The van der Waals surface area contributed by atoms with Crippen LogP contribution >= 0.6 is 0 Å². The highest BCUT2D eigenvalue weighted by molar-refractivity contribution is 5.90. The molecule has 0 unspecified atom stereocenters. The molecule has 1 rings (SSSR count). The fourth-order valence-electron chi connectivity index (χ4n) is 1.37. The Morgan fingerprint density at radius 1 is 1.47 bits per heavy atom. The summed E-state index contributed by atoms with van der Waals surface area (Å²) in [7, 11) is 0. The van der Waals surface area contributed by atoms with Gasteiger partial charge in [-0.3, -0.25) is 9.89 Å². The maximum Gasteiger partial charge on any atom is 0.291 e. The third-order valence-corrected chi connectivity index (χ3v) is 2.28. The molecular weight excluding hydrogens is 220 g/mol. The topological polar surface area (TPSA) is 79.9 Å². The highest BCUT2D eigenvalue weighted by atomic mass is 16.5. The van der Waals surface area contributed by atoms with E-state index in [9.17, 15) is 4.79 Å². The number of aryl methyl sites for hydroxylation is 1. The summed E-state index contributed by atoms with van der Waals surface area (Å²) in [4.78, 5) is 15.8. The molecule has 1 heterocycles. The Kier molecular flexibility index (Phi) is 4.62. The normalized spacial score (nSPS) is 11.5. The molecule has 0 spiro atoms. The van der Waals surface area contributed by atoms with E-state index in [0.717, 1.165) is 6.42 Å². The van der Waals surface area contributed by atoms with Crippen LogP contribution in [0.1, 0.15) is 44.1 Å². The van der Waals surface area contributed by atoms with E-state index in [1.807, 2.05) is 27.7 Å². The zero-order valence-corrected chi connectivity index (χ0v) is 10.8. The second-order valence-electron chi connectivity index (χ2n) is 4.33. The molecule has 0 saturated carbocycles. The molecule has 6 heteroatoms. The molecule has 1 aromatic heterocycles. The molecule has 0 aromatic carbocycles. The fraction of sp³-hybridized carbons (Fsp3) is 0.727. The van der Waals surface area contributed by atoms with Gasteiger partial charge in [-0.05, 0) is 20.8 Å². The van der Waals surface area contributed by atoms with Crippen LogP contribution in [0.2, 0.25) is 0 Å². The number of aromatic nitrogens is 3. The lowest BCUT2D eigenvalue weighted by Gasteiger charge is -2.24. The van der Waals surface area contributed by atoms with Gasteiger partial charge in [-0.25, -0.2) is 4.98 Å². The molecule has 0 aliphatic heterocycles. The second-order valence-corrected chi connectivity index (χ2v) is 4.33. The predicted octanol–water partition coefficient (Wildman–Crippen LogP) is 0.912. The van der Waals surface area contributed by atoms with Crippen LogP contribution in [0.3, 0.4) is 0 Å². The number of H-pyrrole nitrogens is 1. The zero-order valence-electron chi connectivity index (χ0n) is 10.8. The molecule has 6 nitrogen and oxygen atoms in total. The molecule has 1 amide bonds. The summed E-state index contributed by atoms with van der Waals surface area (Å²) in [6, 6.07) is 0. The van der Waals surface area contributed by atoms with Crippen LogP contribution < -0.4 is 5.32 Å². The molecular formula is C11H20N4O2. The van der Waals surface area contributed by atoms with Crippen molar-refractivity contribution in [3.05, 3.63) is 11.6 Å². The molecule has 17 heavy (non-hydrogen) atoms. The van der Waals surface area contributed by atoms with Gasteiger partial charge in [-0.2, -0.15) is 0 Å². The Morgan fingerprint density at radius 2 is 2.18 bits per heavy atom. The van der Waals surface area contributed by atoms with Crippen LogP contribution in [0.5, 0.6) is 0 Å². The minimum absolute atomic E-state index is 0.175. The highest BCUT2D eigenvalue weighted by Crippen LogP contribution is 2.07. The van der Waals surface area contributed by atoms with Crippen molar-refractivity contribution in [1.82, 2.24) is 20.5 Å². The van der Waals surface area contributed by atoms with Crippen molar-refractivity contribution in [2.75, 3.05) is 13.2 Å². The number of nitrogens with one attached hydrogen (secondary N) is 2. The van der Waals surface area contributed by atoms with Gasteiger partial charge >= 0.3 is 0 Å². The standard InChI is InChI=1S/C11H20N4O2/c1-5-8-13-9(15-14-8)10(16)12-7-11(3,4)17-6-2/h5-7H2,1-4H3,(H,12,16)(H,13,14,15). The van der Waals surface area contributed by atoms with E-state index in [4.69, 9.17) is 4.74 Å². The lowest BCUT2D eigenvalue weighted by atomic mass is 10.1. The maximum atomic E-state index is 11.7. The molecule has 2 N–H and O–H groups in total. The van der Waals surface area contributed by atoms with Gasteiger partial charge < -0.3 is 10.1 Å². The number of ether oxygens (including phenoxy) is 1. The van der Waals surface area contributed by atoms with Gasteiger partial charge in [0.2, 0.25) is 5.82 Å². The first-order valence-electron chi connectivity index (χ1n) is 5.82. The van der Waals surface area contributed by atoms with Crippen molar-refractivity contribution >= 4 is 5.91 Å². The van der Waals surface area contributed by atoms with Gasteiger partial charge in [-0.1, -0.05) is 6.92 Å². The monoisotopic (exact) mass is 240 g/mol. The highest BCUT2D eigenvalue weighted by Gasteiger charge is 2.20. The van der Waals surface area contributed by atoms with Crippen LogP contribution in [0.4, 0.5) is 0 Å². The van der Waals surface area contributed by atoms with Crippen LogP contribution in [0.25, 0.3) is 0 Å². The third-order valence-electron chi connectivity index (χ3n) is 2.28. The molecule has 96 valence electrons. The summed E-state index contributed by atoms with van der Waals surface area (Å²) in [6.07, 6.45) is 0.727. The second kappa shape index (κ2) is 5.77. The van der Waals surface area contributed by atoms with E-state index in [-0.39, 0.29) is 17.3 Å². The summed E-state index contributed by atoms with van der Waals surface area (Å²) in [5.74, 6) is 0.599. The van der Waals surface area contributed by atoms with E-state index in [1.165, 1.54) is 0 Å². The Morgan fingerprint density at radius 3 is 2.71 bits per heavy atom. The maximum absolute atomic E-state index is 11.7. The molecule has 0 fully saturated rings. The van der Waals surface area contributed by atoms with Crippen molar-refractivity contribution in [1.29, 1.82) is 0 Å². The summed E-state index contributed by atoms with van der Waals surface area (Å²) < 4.78 is 5.48. The summed E-state index contributed by atoms with van der Waals surface area (Å²) in [5, 5.41) is 9.30. The molecule has 0 aliphatic carbocycles. The molecule has 0 atom stereocenters. The van der Waals surface area contributed by atoms with Gasteiger partial charge in [0.1, 0.15) is 5.82 Å². The van der Waals surface area contributed by atoms with Crippen molar-refractivity contribution in [2.45, 2.75) is 39.7 Å². The number of amides is 1. The van der Waals surface area contributed by atoms with Crippen molar-refractivity contribution in [3.8, 4) is 0 Å². The summed E-state index contributed by atoms with van der Waals surface area (Å²) >= 11 is 0. The molecule has 1 aromatic rings. The Hall–Kier alpha value is -1.43. The molecule has 0 radical (unpaired) electrons. The van der Waals surface area contributed by atoms with Gasteiger partial charge in [-0.15, -0.1) is 5.10 Å². The molecule has 0 bridgehead atoms. The van der Waals surface area contributed by atoms with Gasteiger partial charge in [0.15, 0.2) is 0 Å². The van der Waals surface area contributed by atoms with Crippen LogP contribution in [-0.2, 0) is 11.2 Å². The van der Waals surface area contributed by atoms with E-state index < -0.39 is 0 Å². The SMILES string of the molecule is CCOC(C)(C)CNC(=O)c1n[nH]c(CC)n1. The number of carbonyl (C=O) groups excluding carboxylic acids is 1. The van der Waals surface area contributed by atoms with Gasteiger partial charge in [0.25, 0.3) is 5.91 Å². The van der Waals surface area contributed by atoms with Gasteiger partial charge in [0.05, 0.1) is 5.60 Å². The molecule has 0 aliphatic rings. The number of carbonyl (C=O) groups is 1. The number of aromatic amines is 1. The Balaban J connectivity index is 2.49.